The summed E-state index contributed by atoms with van der Waals surface area (Å²) < 4.78 is 0. The maximum absolute atomic E-state index is 12.1. The third-order valence-electron chi connectivity index (χ3n) is 7.05. The largest absolute Gasteiger partial charge is 0.392 e. The van der Waals surface area contributed by atoms with Crippen molar-refractivity contribution in [3.63, 3.8) is 0 Å². The minimum Gasteiger partial charge on any atom is -0.392 e. The van der Waals surface area contributed by atoms with Crippen molar-refractivity contribution in [3.8, 4) is 0 Å². The molecule has 2 aliphatic rings. The lowest BCUT2D eigenvalue weighted by molar-refractivity contribution is -0.121. The Morgan fingerprint density at radius 2 is 2.06 bits per heavy atom. The highest BCUT2D eigenvalue weighted by atomic mass is 16.3. The standard InChI is InChI=1S/C27H40N2O3/c1-2-3-4-8-23(30)10-11-24-25-17-21(16-22(25)18-26(24)31)7-5-6-9-27(32)29-19-20-12-14-28-15-13-20/h7,10-15,22-26,30-31H,2-6,8-9,16-19H2,1H3,(H,29,32)/b11-10+,21-7+/t22-,23-,24+,25-,26+/m0/s1. The number of aromatic nitrogens is 1. The lowest BCUT2D eigenvalue weighted by atomic mass is 9.90. The van der Waals surface area contributed by atoms with Crippen LogP contribution in [0.5, 0.6) is 0 Å². The summed E-state index contributed by atoms with van der Waals surface area (Å²) in [6, 6.07) is 3.82. The summed E-state index contributed by atoms with van der Waals surface area (Å²) in [5.41, 5.74) is 2.54. The smallest absolute Gasteiger partial charge is 0.220 e. The van der Waals surface area contributed by atoms with E-state index in [1.807, 2.05) is 18.2 Å². The van der Waals surface area contributed by atoms with E-state index in [1.54, 1.807) is 12.4 Å². The molecule has 0 saturated heterocycles. The SMILES string of the molecule is CCCCC[C@H](O)/C=C/[C@@H]1[C@H]2C/C(=C/CCCC(=O)NCc3ccncc3)C[C@H]2C[C@H]1O. The van der Waals surface area contributed by atoms with Crippen LogP contribution in [0.25, 0.3) is 0 Å². The van der Waals surface area contributed by atoms with Crippen LogP contribution in [0, 0.1) is 17.8 Å². The first-order chi connectivity index (χ1) is 15.6. The monoisotopic (exact) mass is 440 g/mol. The fourth-order valence-electron chi connectivity index (χ4n) is 5.25. The molecule has 1 aromatic rings. The molecule has 5 atom stereocenters. The molecule has 0 aromatic carbocycles. The Labute approximate surface area is 193 Å². The molecular weight excluding hydrogens is 400 g/mol. The van der Waals surface area contributed by atoms with Gasteiger partial charge in [-0.25, -0.2) is 0 Å². The number of amides is 1. The highest BCUT2D eigenvalue weighted by molar-refractivity contribution is 5.75. The van der Waals surface area contributed by atoms with Crippen molar-refractivity contribution < 1.29 is 15.0 Å². The Morgan fingerprint density at radius 1 is 1.25 bits per heavy atom. The molecule has 2 saturated carbocycles. The van der Waals surface area contributed by atoms with Crippen molar-refractivity contribution in [1.82, 2.24) is 10.3 Å². The van der Waals surface area contributed by atoms with Crippen molar-refractivity contribution in [1.29, 1.82) is 0 Å². The van der Waals surface area contributed by atoms with Crippen molar-refractivity contribution in [2.45, 2.75) is 89.9 Å². The number of nitrogens with one attached hydrogen (secondary N) is 1. The van der Waals surface area contributed by atoms with Crippen LogP contribution in [0.2, 0.25) is 0 Å². The Morgan fingerprint density at radius 3 is 2.84 bits per heavy atom. The third kappa shape index (κ3) is 7.56. The van der Waals surface area contributed by atoms with E-state index in [2.05, 4.69) is 29.4 Å². The summed E-state index contributed by atoms with van der Waals surface area (Å²) in [4.78, 5) is 16.0. The van der Waals surface area contributed by atoms with Crippen LogP contribution in [-0.2, 0) is 11.3 Å². The van der Waals surface area contributed by atoms with Gasteiger partial charge in [0, 0.05) is 31.3 Å². The Hall–Kier alpha value is -1.98. The van der Waals surface area contributed by atoms with Gasteiger partial charge < -0.3 is 15.5 Å². The van der Waals surface area contributed by atoms with Crippen LogP contribution in [0.1, 0.15) is 76.7 Å². The molecule has 3 N–H and O–H groups in total. The Bertz CT molecular complexity index is 761. The number of aliphatic hydroxyl groups is 2. The van der Waals surface area contributed by atoms with Crippen LogP contribution in [0.3, 0.4) is 0 Å². The lowest BCUT2D eigenvalue weighted by Crippen LogP contribution is -2.22. The van der Waals surface area contributed by atoms with Crippen molar-refractivity contribution >= 4 is 5.91 Å². The van der Waals surface area contributed by atoms with Gasteiger partial charge >= 0.3 is 0 Å². The highest BCUT2D eigenvalue weighted by Gasteiger charge is 2.44. The molecule has 0 spiro atoms. The average molecular weight is 441 g/mol. The zero-order valence-corrected chi connectivity index (χ0v) is 19.5. The minimum absolute atomic E-state index is 0.0920. The molecule has 0 aliphatic heterocycles. The summed E-state index contributed by atoms with van der Waals surface area (Å²) >= 11 is 0. The molecular formula is C27H40N2O3. The van der Waals surface area contributed by atoms with Crippen molar-refractivity contribution in [3.05, 3.63) is 53.9 Å². The summed E-state index contributed by atoms with van der Waals surface area (Å²) in [7, 11) is 0. The van der Waals surface area contributed by atoms with Gasteiger partial charge in [0.15, 0.2) is 0 Å². The van der Waals surface area contributed by atoms with Crippen molar-refractivity contribution in [2.75, 3.05) is 0 Å². The number of carbonyl (C=O) groups is 1. The van der Waals surface area contributed by atoms with Crippen LogP contribution in [0.4, 0.5) is 0 Å². The zero-order valence-electron chi connectivity index (χ0n) is 19.5. The molecule has 2 aliphatic carbocycles. The van der Waals surface area contributed by atoms with Crippen molar-refractivity contribution in [2.24, 2.45) is 17.8 Å². The second-order valence-corrected chi connectivity index (χ2v) is 9.55. The molecule has 2 fully saturated rings. The molecule has 5 nitrogen and oxygen atoms in total. The number of hydrogen-bond donors (Lipinski definition) is 3. The first-order valence-electron chi connectivity index (χ1n) is 12.4. The molecule has 32 heavy (non-hydrogen) atoms. The van der Waals surface area contributed by atoms with E-state index in [4.69, 9.17) is 0 Å². The van der Waals surface area contributed by atoms with E-state index >= 15 is 0 Å². The van der Waals surface area contributed by atoms with Crippen LogP contribution < -0.4 is 5.32 Å². The highest BCUT2D eigenvalue weighted by Crippen LogP contribution is 2.50. The molecule has 0 radical (unpaired) electrons. The van der Waals surface area contributed by atoms with Gasteiger partial charge in [0.2, 0.25) is 5.91 Å². The van der Waals surface area contributed by atoms with Crippen LogP contribution in [0.15, 0.2) is 48.3 Å². The number of aliphatic hydroxyl groups excluding tert-OH is 2. The van der Waals surface area contributed by atoms with Gasteiger partial charge in [-0.1, -0.05) is 50.0 Å². The number of pyridine rings is 1. The third-order valence-corrected chi connectivity index (χ3v) is 7.05. The number of carbonyl (C=O) groups excluding carboxylic acids is 1. The van der Waals surface area contributed by atoms with E-state index < -0.39 is 6.10 Å². The number of allylic oxidation sites excluding steroid dienone is 2. The zero-order chi connectivity index (χ0) is 22.8. The van der Waals surface area contributed by atoms with E-state index in [9.17, 15) is 15.0 Å². The van der Waals surface area contributed by atoms with Gasteiger partial charge in [-0.15, -0.1) is 0 Å². The van der Waals surface area contributed by atoms with E-state index in [-0.39, 0.29) is 17.9 Å². The number of unbranched alkanes of at least 4 members (excludes halogenated alkanes) is 3. The first kappa shape index (κ1) is 24.7. The quantitative estimate of drug-likeness (QED) is 0.325. The summed E-state index contributed by atoms with van der Waals surface area (Å²) in [5.74, 6) is 1.28. The second kappa shape index (κ2) is 12.9. The molecule has 1 aromatic heterocycles. The van der Waals surface area contributed by atoms with Gasteiger partial charge in [-0.05, 0) is 68.1 Å². The lowest BCUT2D eigenvalue weighted by Gasteiger charge is -2.17. The number of nitrogens with zero attached hydrogens (tertiary/aromatic N) is 1. The maximum Gasteiger partial charge on any atom is 0.220 e. The second-order valence-electron chi connectivity index (χ2n) is 9.55. The van der Waals surface area contributed by atoms with E-state index in [0.717, 1.165) is 63.4 Å². The number of fused-ring (bicyclic) bond motifs is 1. The summed E-state index contributed by atoms with van der Waals surface area (Å²) in [5, 5.41) is 23.7. The van der Waals surface area contributed by atoms with Gasteiger partial charge in [-0.3, -0.25) is 9.78 Å². The minimum atomic E-state index is -0.395. The van der Waals surface area contributed by atoms with Crippen LogP contribution >= 0.6 is 0 Å². The van der Waals surface area contributed by atoms with Gasteiger partial charge in [0.05, 0.1) is 12.2 Å². The molecule has 5 heteroatoms. The molecule has 0 unspecified atom stereocenters. The molecule has 3 rings (SSSR count). The number of hydrogen-bond acceptors (Lipinski definition) is 4. The predicted octanol–water partition coefficient (Wildman–Crippen LogP) is 4.70. The van der Waals surface area contributed by atoms with Gasteiger partial charge in [0.1, 0.15) is 0 Å². The molecule has 1 amide bonds. The summed E-state index contributed by atoms with van der Waals surface area (Å²) in [6.07, 6.45) is 18.6. The Kier molecular flexibility index (Phi) is 9.94. The first-order valence-corrected chi connectivity index (χ1v) is 12.4. The predicted molar refractivity (Wildman–Crippen MR) is 128 cm³/mol. The van der Waals surface area contributed by atoms with Gasteiger partial charge in [-0.2, -0.15) is 0 Å². The number of rotatable bonds is 12. The van der Waals surface area contributed by atoms with E-state index in [0.29, 0.717) is 24.8 Å². The molecule has 1 heterocycles. The fourth-order valence-corrected chi connectivity index (χ4v) is 5.25. The molecule has 0 bridgehead atoms. The maximum atomic E-state index is 12.1. The topological polar surface area (TPSA) is 82.5 Å². The average Bonchev–Trinajstić information content (AvgIpc) is 3.31. The van der Waals surface area contributed by atoms with E-state index in [1.165, 1.54) is 5.57 Å². The normalized spacial score (nSPS) is 27.2. The summed E-state index contributed by atoms with van der Waals surface area (Å²) in [6.45, 7) is 2.72. The molecule has 176 valence electrons. The van der Waals surface area contributed by atoms with Crippen LogP contribution in [-0.4, -0.2) is 33.3 Å². The van der Waals surface area contributed by atoms with Gasteiger partial charge in [0.25, 0.3) is 0 Å². The fraction of sp³-hybridized carbons (Fsp3) is 0.630. The Balaban J connectivity index is 1.37.